The van der Waals surface area contributed by atoms with Gasteiger partial charge in [-0.05, 0) is 13.3 Å². The van der Waals surface area contributed by atoms with E-state index in [2.05, 4.69) is 0 Å². The lowest BCUT2D eigenvalue weighted by molar-refractivity contribution is -0.132. The summed E-state index contributed by atoms with van der Waals surface area (Å²) in [5.41, 5.74) is 0.116. The van der Waals surface area contributed by atoms with Crippen LogP contribution in [0.2, 0.25) is 0 Å². The highest BCUT2D eigenvalue weighted by Crippen LogP contribution is 2.05. The third kappa shape index (κ3) is 5.51. The smallest absolute Gasteiger partial charge is 0.330 e. The van der Waals surface area contributed by atoms with Crippen molar-refractivity contribution in [2.75, 3.05) is 0 Å². The second kappa shape index (κ2) is 4.82. The van der Waals surface area contributed by atoms with Crippen LogP contribution in [-0.4, -0.2) is 17.5 Å². The second-order valence-electron chi connectivity index (χ2n) is 2.16. The minimum Gasteiger partial charge on any atom is -0.478 e. The summed E-state index contributed by atoms with van der Waals surface area (Å²) in [7, 11) is 0. The van der Waals surface area contributed by atoms with Crippen molar-refractivity contribution >= 4 is 5.97 Å². The number of alkyl halides is 2. The number of carboxylic acids is 1. The van der Waals surface area contributed by atoms with Crippen LogP contribution in [0.1, 0.15) is 19.8 Å². The Hall–Kier alpha value is -0.930. The van der Waals surface area contributed by atoms with Crippen molar-refractivity contribution in [1.82, 2.24) is 0 Å². The molecule has 0 aliphatic carbocycles. The van der Waals surface area contributed by atoms with Gasteiger partial charge in [-0.25, -0.2) is 13.6 Å². The summed E-state index contributed by atoms with van der Waals surface area (Å²) in [5.74, 6) is -1.06. The zero-order valence-corrected chi connectivity index (χ0v) is 6.18. The lowest BCUT2D eigenvalue weighted by atomic mass is 10.2. The Morgan fingerprint density at radius 1 is 1.64 bits per heavy atom. The van der Waals surface area contributed by atoms with Crippen LogP contribution in [0.4, 0.5) is 8.78 Å². The molecule has 0 spiro atoms. The molecule has 0 aliphatic heterocycles. The summed E-state index contributed by atoms with van der Waals surface area (Å²) in [5, 5.41) is 8.29. The number of allylic oxidation sites excluding steroid dienone is 1. The fourth-order valence-corrected chi connectivity index (χ4v) is 0.513. The molecule has 0 aliphatic rings. The monoisotopic (exact) mass is 164 g/mol. The number of carboxylic acid groups (broad SMARTS) is 1. The van der Waals surface area contributed by atoms with Gasteiger partial charge < -0.3 is 5.11 Å². The average molecular weight is 164 g/mol. The Balaban J connectivity index is 3.65. The van der Waals surface area contributed by atoms with E-state index in [1.165, 1.54) is 13.0 Å². The SMILES string of the molecule is CC(=CCCC(F)F)C(=O)O. The van der Waals surface area contributed by atoms with E-state index in [4.69, 9.17) is 5.11 Å². The lowest BCUT2D eigenvalue weighted by Crippen LogP contribution is -1.96. The Kier molecular flexibility index (Phi) is 4.41. The molecule has 0 aromatic heterocycles. The zero-order valence-electron chi connectivity index (χ0n) is 6.18. The molecular formula is C7H10F2O2. The van der Waals surface area contributed by atoms with E-state index in [-0.39, 0.29) is 18.4 Å². The van der Waals surface area contributed by atoms with Gasteiger partial charge in [-0.3, -0.25) is 0 Å². The Labute approximate surface area is 63.5 Å². The van der Waals surface area contributed by atoms with E-state index < -0.39 is 12.4 Å². The summed E-state index contributed by atoms with van der Waals surface area (Å²) in [6.07, 6.45) is -1.21. The highest BCUT2D eigenvalue weighted by molar-refractivity contribution is 5.85. The summed E-state index contributed by atoms with van der Waals surface area (Å²) in [4.78, 5) is 10.1. The number of rotatable bonds is 4. The third-order valence-corrected chi connectivity index (χ3v) is 1.17. The van der Waals surface area contributed by atoms with Gasteiger partial charge >= 0.3 is 5.97 Å². The Morgan fingerprint density at radius 2 is 2.18 bits per heavy atom. The van der Waals surface area contributed by atoms with Crippen LogP contribution in [-0.2, 0) is 4.79 Å². The molecule has 0 saturated heterocycles. The van der Waals surface area contributed by atoms with Gasteiger partial charge in [0.2, 0.25) is 6.43 Å². The maximum atomic E-state index is 11.5. The summed E-state index contributed by atoms with van der Waals surface area (Å²) in [6.45, 7) is 1.38. The van der Waals surface area contributed by atoms with Crippen molar-refractivity contribution in [3.63, 3.8) is 0 Å². The molecule has 0 atom stereocenters. The van der Waals surface area contributed by atoms with Gasteiger partial charge in [0, 0.05) is 12.0 Å². The van der Waals surface area contributed by atoms with Gasteiger partial charge in [-0.15, -0.1) is 0 Å². The molecule has 11 heavy (non-hydrogen) atoms. The third-order valence-electron chi connectivity index (χ3n) is 1.17. The highest BCUT2D eigenvalue weighted by atomic mass is 19.3. The van der Waals surface area contributed by atoms with Crippen LogP contribution in [0.3, 0.4) is 0 Å². The van der Waals surface area contributed by atoms with Crippen molar-refractivity contribution in [2.24, 2.45) is 0 Å². The van der Waals surface area contributed by atoms with Crippen LogP contribution in [0.5, 0.6) is 0 Å². The minimum absolute atomic E-state index is 0.116. The molecule has 0 heterocycles. The van der Waals surface area contributed by atoms with E-state index in [1.54, 1.807) is 0 Å². The fraction of sp³-hybridized carbons (Fsp3) is 0.571. The van der Waals surface area contributed by atoms with Gasteiger partial charge in [-0.2, -0.15) is 0 Å². The van der Waals surface area contributed by atoms with E-state index in [0.29, 0.717) is 0 Å². The molecule has 0 saturated carbocycles. The van der Waals surface area contributed by atoms with Crippen molar-refractivity contribution in [3.8, 4) is 0 Å². The molecule has 0 amide bonds. The Bertz CT molecular complexity index is 164. The number of hydrogen-bond acceptors (Lipinski definition) is 1. The summed E-state index contributed by atoms with van der Waals surface area (Å²) < 4.78 is 23.0. The van der Waals surface area contributed by atoms with Crippen LogP contribution >= 0.6 is 0 Å². The molecule has 0 aromatic carbocycles. The van der Waals surface area contributed by atoms with Crippen molar-refractivity contribution in [2.45, 2.75) is 26.2 Å². The molecule has 0 unspecified atom stereocenters. The van der Waals surface area contributed by atoms with E-state index in [1.807, 2.05) is 0 Å². The molecule has 0 aromatic rings. The average Bonchev–Trinajstić information content (AvgIpc) is 1.86. The molecule has 64 valence electrons. The second-order valence-corrected chi connectivity index (χ2v) is 2.16. The molecule has 0 bridgehead atoms. The predicted molar refractivity (Wildman–Crippen MR) is 36.6 cm³/mol. The number of halogens is 2. The van der Waals surface area contributed by atoms with Gasteiger partial charge in [0.15, 0.2) is 0 Å². The maximum absolute atomic E-state index is 11.5. The molecule has 0 fully saturated rings. The first-order valence-corrected chi connectivity index (χ1v) is 3.22. The minimum atomic E-state index is -2.35. The van der Waals surface area contributed by atoms with Gasteiger partial charge in [0.05, 0.1) is 0 Å². The van der Waals surface area contributed by atoms with Gasteiger partial charge in [-0.1, -0.05) is 6.08 Å². The number of aliphatic carboxylic acids is 1. The topological polar surface area (TPSA) is 37.3 Å². The predicted octanol–water partition coefficient (Wildman–Crippen LogP) is 2.06. The lowest BCUT2D eigenvalue weighted by Gasteiger charge is -1.94. The first kappa shape index (κ1) is 10.1. The highest BCUT2D eigenvalue weighted by Gasteiger charge is 2.02. The Morgan fingerprint density at radius 3 is 2.55 bits per heavy atom. The van der Waals surface area contributed by atoms with Crippen molar-refractivity contribution in [1.29, 1.82) is 0 Å². The molecule has 1 N–H and O–H groups in total. The molecule has 0 radical (unpaired) electrons. The first-order valence-electron chi connectivity index (χ1n) is 3.22. The quantitative estimate of drug-likeness (QED) is 0.646. The summed E-state index contributed by atoms with van der Waals surface area (Å²) >= 11 is 0. The van der Waals surface area contributed by atoms with E-state index >= 15 is 0 Å². The van der Waals surface area contributed by atoms with Crippen LogP contribution in [0.15, 0.2) is 11.6 Å². The van der Waals surface area contributed by atoms with Gasteiger partial charge in [0.1, 0.15) is 0 Å². The number of hydrogen-bond donors (Lipinski definition) is 1. The van der Waals surface area contributed by atoms with Gasteiger partial charge in [0.25, 0.3) is 0 Å². The van der Waals surface area contributed by atoms with Crippen molar-refractivity contribution in [3.05, 3.63) is 11.6 Å². The molecule has 0 rings (SSSR count). The van der Waals surface area contributed by atoms with Crippen LogP contribution in [0.25, 0.3) is 0 Å². The van der Waals surface area contributed by atoms with Crippen LogP contribution < -0.4 is 0 Å². The largest absolute Gasteiger partial charge is 0.478 e. The standard InChI is InChI=1S/C7H10F2O2/c1-5(7(10)11)3-2-4-6(8)9/h3,6H,2,4H2,1H3,(H,10,11). The van der Waals surface area contributed by atoms with Crippen molar-refractivity contribution < 1.29 is 18.7 Å². The number of carbonyl (C=O) groups is 1. The zero-order chi connectivity index (χ0) is 8.85. The van der Waals surface area contributed by atoms with E-state index in [9.17, 15) is 13.6 Å². The maximum Gasteiger partial charge on any atom is 0.330 e. The fourth-order valence-electron chi connectivity index (χ4n) is 0.513. The molecular weight excluding hydrogens is 154 g/mol. The molecule has 2 nitrogen and oxygen atoms in total. The summed E-state index contributed by atoms with van der Waals surface area (Å²) in [6, 6.07) is 0. The first-order chi connectivity index (χ1) is 5.04. The van der Waals surface area contributed by atoms with E-state index in [0.717, 1.165) is 0 Å². The van der Waals surface area contributed by atoms with Crippen LogP contribution in [0, 0.1) is 0 Å². The molecule has 4 heteroatoms. The normalized spacial score (nSPS) is 12.2.